The van der Waals surface area contributed by atoms with E-state index < -0.39 is 0 Å². The summed E-state index contributed by atoms with van der Waals surface area (Å²) in [6.45, 7) is 0.505. The highest BCUT2D eigenvalue weighted by Crippen LogP contribution is 2.42. The number of hydrogen-bond acceptors (Lipinski definition) is 3. The number of anilines is 2. The van der Waals surface area contributed by atoms with Crippen molar-refractivity contribution < 1.29 is 9.53 Å². The number of hydrogen-bond donors (Lipinski definition) is 1. The molecule has 0 fully saturated rings. The van der Waals surface area contributed by atoms with E-state index in [0.29, 0.717) is 17.9 Å². The summed E-state index contributed by atoms with van der Waals surface area (Å²) in [5, 5.41) is 2.90. The zero-order chi connectivity index (χ0) is 15.3. The Hall–Kier alpha value is -2.75. The SMILES string of the molecule is CN(C)c1ccc2c(c1)COC2=C1C(=O)Nc2ccccc21. The number of rotatable bonds is 1. The fourth-order valence-electron chi connectivity index (χ4n) is 2.98. The predicted octanol–water partition coefficient (Wildman–Crippen LogP) is 3.10. The zero-order valence-electron chi connectivity index (χ0n) is 12.5. The van der Waals surface area contributed by atoms with Gasteiger partial charge in [-0.3, -0.25) is 4.79 Å². The van der Waals surface area contributed by atoms with Gasteiger partial charge in [-0.1, -0.05) is 18.2 Å². The van der Waals surface area contributed by atoms with Gasteiger partial charge in [0.05, 0.1) is 5.57 Å². The quantitative estimate of drug-likeness (QED) is 0.821. The van der Waals surface area contributed by atoms with Gasteiger partial charge in [-0.05, 0) is 24.3 Å². The molecular formula is C18H16N2O2. The van der Waals surface area contributed by atoms with Gasteiger partial charge in [0.15, 0.2) is 0 Å². The molecule has 0 radical (unpaired) electrons. The Bertz CT molecular complexity index is 822. The Labute approximate surface area is 129 Å². The molecule has 0 aliphatic carbocycles. The lowest BCUT2D eigenvalue weighted by molar-refractivity contribution is -0.110. The second-order valence-electron chi connectivity index (χ2n) is 5.73. The van der Waals surface area contributed by atoms with Gasteiger partial charge < -0.3 is 15.0 Å². The van der Waals surface area contributed by atoms with E-state index in [1.807, 2.05) is 50.5 Å². The summed E-state index contributed by atoms with van der Waals surface area (Å²) < 4.78 is 5.87. The Morgan fingerprint density at radius 2 is 1.91 bits per heavy atom. The molecule has 4 rings (SSSR count). The van der Waals surface area contributed by atoms with Gasteiger partial charge in [-0.25, -0.2) is 0 Å². The number of nitrogens with zero attached hydrogens (tertiary/aromatic N) is 1. The molecule has 2 aliphatic heterocycles. The second kappa shape index (κ2) is 4.63. The van der Waals surface area contributed by atoms with Crippen molar-refractivity contribution in [2.75, 3.05) is 24.3 Å². The maximum absolute atomic E-state index is 12.3. The van der Waals surface area contributed by atoms with Crippen LogP contribution in [-0.2, 0) is 16.1 Å². The van der Waals surface area contributed by atoms with E-state index in [9.17, 15) is 4.79 Å². The average Bonchev–Trinajstić information content (AvgIpc) is 3.06. The number of fused-ring (bicyclic) bond motifs is 2. The van der Waals surface area contributed by atoms with E-state index >= 15 is 0 Å². The molecule has 110 valence electrons. The fraction of sp³-hybridized carbons (Fsp3) is 0.167. The summed E-state index contributed by atoms with van der Waals surface area (Å²) in [6, 6.07) is 13.9. The van der Waals surface area contributed by atoms with Crippen molar-refractivity contribution in [1.82, 2.24) is 0 Å². The highest BCUT2D eigenvalue weighted by molar-refractivity contribution is 6.36. The molecule has 2 aliphatic rings. The van der Waals surface area contributed by atoms with Gasteiger partial charge in [0.2, 0.25) is 0 Å². The molecule has 2 aromatic carbocycles. The normalized spacial score (nSPS) is 18.5. The first kappa shape index (κ1) is 13.0. The van der Waals surface area contributed by atoms with Gasteiger partial charge in [0.1, 0.15) is 12.4 Å². The molecule has 4 nitrogen and oxygen atoms in total. The van der Waals surface area contributed by atoms with E-state index in [4.69, 9.17) is 4.74 Å². The van der Waals surface area contributed by atoms with Crippen LogP contribution in [0.1, 0.15) is 16.7 Å². The molecule has 4 heteroatoms. The number of amides is 1. The van der Waals surface area contributed by atoms with Crippen molar-refractivity contribution >= 4 is 28.6 Å². The Kier molecular flexibility index (Phi) is 2.73. The summed E-state index contributed by atoms with van der Waals surface area (Å²) >= 11 is 0. The molecule has 1 N–H and O–H groups in total. The van der Waals surface area contributed by atoms with Crippen molar-refractivity contribution in [3.05, 3.63) is 59.2 Å². The van der Waals surface area contributed by atoms with E-state index in [0.717, 1.165) is 28.1 Å². The summed E-state index contributed by atoms with van der Waals surface area (Å²) in [7, 11) is 4.02. The van der Waals surface area contributed by atoms with Gasteiger partial charge in [-0.2, -0.15) is 0 Å². The third-order valence-electron chi connectivity index (χ3n) is 4.12. The van der Waals surface area contributed by atoms with Crippen LogP contribution < -0.4 is 10.2 Å². The van der Waals surface area contributed by atoms with Crippen LogP contribution in [0, 0.1) is 0 Å². The van der Waals surface area contributed by atoms with Gasteiger partial charge in [-0.15, -0.1) is 0 Å². The first-order valence-corrected chi connectivity index (χ1v) is 7.23. The van der Waals surface area contributed by atoms with Crippen LogP contribution in [0.15, 0.2) is 42.5 Å². The lowest BCUT2D eigenvalue weighted by atomic mass is 10.00. The molecule has 2 aromatic rings. The molecule has 0 atom stereocenters. The second-order valence-corrected chi connectivity index (χ2v) is 5.73. The minimum absolute atomic E-state index is 0.0965. The van der Waals surface area contributed by atoms with Crippen LogP contribution in [0.3, 0.4) is 0 Å². The fourth-order valence-corrected chi connectivity index (χ4v) is 2.98. The number of benzene rings is 2. The van der Waals surface area contributed by atoms with Crippen molar-refractivity contribution in [2.24, 2.45) is 0 Å². The Morgan fingerprint density at radius 1 is 1.09 bits per heavy atom. The topological polar surface area (TPSA) is 41.6 Å². The van der Waals surface area contributed by atoms with Crippen LogP contribution in [0.25, 0.3) is 11.3 Å². The maximum atomic E-state index is 12.3. The number of carbonyl (C=O) groups is 1. The van der Waals surface area contributed by atoms with Gasteiger partial charge in [0.25, 0.3) is 5.91 Å². The van der Waals surface area contributed by atoms with Crippen LogP contribution in [0.2, 0.25) is 0 Å². The number of ether oxygens (including phenoxy) is 1. The molecule has 22 heavy (non-hydrogen) atoms. The smallest absolute Gasteiger partial charge is 0.260 e. The van der Waals surface area contributed by atoms with Crippen LogP contribution in [0.4, 0.5) is 11.4 Å². The predicted molar refractivity (Wildman–Crippen MR) is 87.4 cm³/mol. The maximum Gasteiger partial charge on any atom is 0.260 e. The minimum atomic E-state index is -0.0965. The zero-order valence-corrected chi connectivity index (χ0v) is 12.5. The van der Waals surface area contributed by atoms with E-state index in [2.05, 4.69) is 16.3 Å². The first-order valence-electron chi connectivity index (χ1n) is 7.23. The van der Waals surface area contributed by atoms with E-state index in [1.165, 1.54) is 0 Å². The monoisotopic (exact) mass is 292 g/mol. The third-order valence-corrected chi connectivity index (χ3v) is 4.12. The highest BCUT2D eigenvalue weighted by Gasteiger charge is 2.32. The van der Waals surface area contributed by atoms with Crippen LogP contribution >= 0.6 is 0 Å². The van der Waals surface area contributed by atoms with Crippen molar-refractivity contribution in [3.63, 3.8) is 0 Å². The molecule has 2 heterocycles. The summed E-state index contributed by atoms with van der Waals surface area (Å²) in [5.41, 5.74) is 5.64. The Morgan fingerprint density at radius 3 is 2.73 bits per heavy atom. The molecule has 1 amide bonds. The Balaban J connectivity index is 1.88. The summed E-state index contributed by atoms with van der Waals surface area (Å²) in [5.74, 6) is 0.587. The molecule has 0 saturated carbocycles. The van der Waals surface area contributed by atoms with E-state index in [1.54, 1.807) is 0 Å². The minimum Gasteiger partial charge on any atom is -0.487 e. The lowest BCUT2D eigenvalue weighted by Crippen LogP contribution is -2.08. The van der Waals surface area contributed by atoms with Crippen LogP contribution in [0.5, 0.6) is 0 Å². The van der Waals surface area contributed by atoms with Crippen molar-refractivity contribution in [2.45, 2.75) is 6.61 Å². The van der Waals surface area contributed by atoms with Gasteiger partial charge in [0, 0.05) is 42.2 Å². The van der Waals surface area contributed by atoms with Crippen molar-refractivity contribution in [1.29, 1.82) is 0 Å². The lowest BCUT2D eigenvalue weighted by Gasteiger charge is -2.13. The highest BCUT2D eigenvalue weighted by atomic mass is 16.5. The largest absolute Gasteiger partial charge is 0.487 e. The molecule has 0 bridgehead atoms. The number of nitrogens with one attached hydrogen (secondary N) is 1. The first-order chi connectivity index (χ1) is 10.6. The summed E-state index contributed by atoms with van der Waals surface area (Å²) in [6.07, 6.45) is 0. The van der Waals surface area contributed by atoms with E-state index in [-0.39, 0.29) is 5.91 Å². The molecule has 0 unspecified atom stereocenters. The number of carbonyl (C=O) groups excluding carboxylic acids is 1. The number of para-hydroxylation sites is 1. The molecule has 0 aromatic heterocycles. The van der Waals surface area contributed by atoms with Gasteiger partial charge >= 0.3 is 0 Å². The average molecular weight is 292 g/mol. The van der Waals surface area contributed by atoms with Crippen molar-refractivity contribution in [3.8, 4) is 0 Å². The standard InChI is InChI=1S/C18H16N2O2/c1-20(2)12-7-8-13-11(9-12)10-22-17(13)16-14-5-3-4-6-15(14)19-18(16)21/h3-9H,10H2,1-2H3,(H,19,21). The molecule has 0 spiro atoms. The molecule has 0 saturated heterocycles. The van der Waals surface area contributed by atoms with Crippen LogP contribution in [-0.4, -0.2) is 20.0 Å². The summed E-state index contributed by atoms with van der Waals surface area (Å²) in [4.78, 5) is 14.4. The molecular weight excluding hydrogens is 276 g/mol. The third kappa shape index (κ3) is 1.80.